The number of benzene rings is 1. The molecule has 1 amide bonds. The third-order valence-electron chi connectivity index (χ3n) is 4.03. The number of nitrogens with zero attached hydrogens (tertiary/aromatic N) is 2. The van der Waals surface area contributed by atoms with E-state index in [1.807, 2.05) is 37.8 Å². The molecule has 2 aromatic rings. The van der Waals surface area contributed by atoms with Gasteiger partial charge in [-0.05, 0) is 37.5 Å². The van der Waals surface area contributed by atoms with Crippen molar-refractivity contribution in [2.75, 3.05) is 23.3 Å². The second kappa shape index (κ2) is 8.99. The number of amides is 1. The quantitative estimate of drug-likeness (QED) is 0.749. The predicted octanol–water partition coefficient (Wildman–Crippen LogP) is 3.97. The lowest BCUT2D eigenvalue weighted by Crippen LogP contribution is -2.28. The Bertz CT molecular complexity index is 784. The van der Waals surface area contributed by atoms with Crippen molar-refractivity contribution >= 4 is 23.4 Å². The number of aromatic nitrogens is 1. The summed E-state index contributed by atoms with van der Waals surface area (Å²) in [6.45, 7) is 7.40. The van der Waals surface area contributed by atoms with E-state index in [9.17, 15) is 14.7 Å². The lowest BCUT2D eigenvalue weighted by atomic mass is 10.1. The zero-order chi connectivity index (χ0) is 19.1. The molecular weight excluding hydrogens is 330 g/mol. The predicted molar refractivity (Wildman–Crippen MR) is 103 cm³/mol. The maximum Gasteiger partial charge on any atom is 0.339 e. The summed E-state index contributed by atoms with van der Waals surface area (Å²) < 4.78 is 0. The Balaban J connectivity index is 2.31. The van der Waals surface area contributed by atoms with Crippen LogP contribution in [0, 0.1) is 6.92 Å². The Morgan fingerprint density at radius 3 is 2.35 bits per heavy atom. The van der Waals surface area contributed by atoms with E-state index < -0.39 is 5.97 Å². The van der Waals surface area contributed by atoms with E-state index in [-0.39, 0.29) is 11.5 Å². The summed E-state index contributed by atoms with van der Waals surface area (Å²) in [7, 11) is 0. The number of pyridine rings is 1. The normalized spacial score (nSPS) is 10.4. The summed E-state index contributed by atoms with van der Waals surface area (Å²) in [5, 5.41) is 12.3. The Labute approximate surface area is 153 Å². The first kappa shape index (κ1) is 19.4. The molecule has 0 bridgehead atoms. The van der Waals surface area contributed by atoms with Crippen molar-refractivity contribution in [3.05, 3.63) is 53.2 Å². The first-order valence-corrected chi connectivity index (χ1v) is 8.83. The van der Waals surface area contributed by atoms with Gasteiger partial charge in [-0.1, -0.05) is 32.0 Å². The Hall–Kier alpha value is -2.89. The number of hydrogen-bond donors (Lipinski definition) is 2. The molecule has 1 aromatic heterocycles. The van der Waals surface area contributed by atoms with Crippen LogP contribution in [-0.4, -0.2) is 35.1 Å². The minimum absolute atomic E-state index is 0.0921. The van der Waals surface area contributed by atoms with Gasteiger partial charge >= 0.3 is 5.97 Å². The molecule has 0 fully saturated rings. The van der Waals surface area contributed by atoms with Crippen molar-refractivity contribution in [2.45, 2.75) is 33.6 Å². The first-order valence-electron chi connectivity index (χ1n) is 8.83. The molecule has 0 spiro atoms. The van der Waals surface area contributed by atoms with Crippen LogP contribution < -0.4 is 10.2 Å². The molecule has 0 aliphatic carbocycles. The molecule has 0 aliphatic heterocycles. The van der Waals surface area contributed by atoms with Crippen LogP contribution in [0.2, 0.25) is 0 Å². The van der Waals surface area contributed by atoms with E-state index in [1.165, 1.54) is 12.3 Å². The standard InChI is InChI=1S/C20H25N3O3/c1-4-10-23(11-5-2)18-17(20(25)26)12-15(13-21-18)22-19(24)16-9-7-6-8-14(16)3/h6-9,12-13H,4-5,10-11H2,1-3H3,(H,22,24)(H,25,26). The van der Waals surface area contributed by atoms with Gasteiger partial charge in [0, 0.05) is 18.7 Å². The fourth-order valence-corrected chi connectivity index (χ4v) is 2.82. The van der Waals surface area contributed by atoms with Crippen LogP contribution in [0.15, 0.2) is 36.5 Å². The molecule has 2 rings (SSSR count). The summed E-state index contributed by atoms with van der Waals surface area (Å²) >= 11 is 0. The third kappa shape index (κ3) is 4.59. The molecule has 0 saturated carbocycles. The molecule has 0 saturated heterocycles. The fraction of sp³-hybridized carbons (Fsp3) is 0.350. The van der Waals surface area contributed by atoms with E-state index >= 15 is 0 Å². The third-order valence-corrected chi connectivity index (χ3v) is 4.03. The van der Waals surface area contributed by atoms with Crippen LogP contribution in [0.25, 0.3) is 0 Å². The molecule has 0 radical (unpaired) electrons. The average Bonchev–Trinajstić information content (AvgIpc) is 2.61. The molecule has 1 heterocycles. The SMILES string of the molecule is CCCN(CCC)c1ncc(NC(=O)c2ccccc2C)cc1C(=O)O. The van der Waals surface area contributed by atoms with Gasteiger partial charge in [-0.15, -0.1) is 0 Å². The molecule has 0 aliphatic rings. The van der Waals surface area contributed by atoms with E-state index in [1.54, 1.807) is 12.1 Å². The van der Waals surface area contributed by atoms with Crippen LogP contribution in [-0.2, 0) is 0 Å². The van der Waals surface area contributed by atoms with Gasteiger partial charge in [-0.3, -0.25) is 4.79 Å². The maximum absolute atomic E-state index is 12.4. The van der Waals surface area contributed by atoms with Crippen molar-refractivity contribution < 1.29 is 14.7 Å². The van der Waals surface area contributed by atoms with E-state index in [0.29, 0.717) is 17.1 Å². The largest absolute Gasteiger partial charge is 0.478 e. The molecule has 138 valence electrons. The van der Waals surface area contributed by atoms with Gasteiger partial charge in [0.15, 0.2) is 0 Å². The second-order valence-corrected chi connectivity index (χ2v) is 6.16. The number of anilines is 2. The molecule has 6 nitrogen and oxygen atoms in total. The van der Waals surface area contributed by atoms with Crippen LogP contribution in [0.5, 0.6) is 0 Å². The van der Waals surface area contributed by atoms with Crippen molar-refractivity contribution in [3.8, 4) is 0 Å². The van der Waals surface area contributed by atoms with Gasteiger partial charge in [0.05, 0.1) is 11.9 Å². The summed E-state index contributed by atoms with van der Waals surface area (Å²) in [4.78, 5) is 30.5. The van der Waals surface area contributed by atoms with Gasteiger partial charge in [-0.2, -0.15) is 0 Å². The van der Waals surface area contributed by atoms with Crippen LogP contribution >= 0.6 is 0 Å². The highest BCUT2D eigenvalue weighted by molar-refractivity contribution is 6.06. The zero-order valence-corrected chi connectivity index (χ0v) is 15.5. The number of aryl methyl sites for hydroxylation is 1. The lowest BCUT2D eigenvalue weighted by molar-refractivity contribution is 0.0696. The minimum atomic E-state index is -1.06. The number of carboxylic acids is 1. The fourth-order valence-electron chi connectivity index (χ4n) is 2.82. The smallest absolute Gasteiger partial charge is 0.339 e. The number of carboxylic acid groups (broad SMARTS) is 1. The summed E-state index contributed by atoms with van der Waals surface area (Å²) in [5.74, 6) is -0.903. The highest BCUT2D eigenvalue weighted by Gasteiger charge is 2.19. The van der Waals surface area contributed by atoms with Crippen LogP contribution in [0.3, 0.4) is 0 Å². The number of rotatable bonds is 8. The maximum atomic E-state index is 12.4. The number of carbonyl (C=O) groups is 2. The molecule has 2 N–H and O–H groups in total. The Morgan fingerprint density at radius 2 is 1.77 bits per heavy atom. The van der Waals surface area contributed by atoms with Crippen molar-refractivity contribution in [2.24, 2.45) is 0 Å². The molecule has 26 heavy (non-hydrogen) atoms. The highest BCUT2D eigenvalue weighted by atomic mass is 16.4. The molecule has 1 aromatic carbocycles. The second-order valence-electron chi connectivity index (χ2n) is 6.16. The summed E-state index contributed by atoms with van der Waals surface area (Å²) in [5.41, 5.74) is 1.86. The van der Waals surface area contributed by atoms with E-state index in [0.717, 1.165) is 31.5 Å². The summed E-state index contributed by atoms with van der Waals surface area (Å²) in [6.07, 6.45) is 3.30. The number of hydrogen-bond acceptors (Lipinski definition) is 4. The van der Waals surface area contributed by atoms with Crippen LogP contribution in [0.4, 0.5) is 11.5 Å². The number of carbonyl (C=O) groups excluding carboxylic acids is 1. The Morgan fingerprint density at radius 1 is 1.12 bits per heavy atom. The average molecular weight is 355 g/mol. The van der Waals surface area contributed by atoms with Crippen molar-refractivity contribution in [1.82, 2.24) is 4.98 Å². The van der Waals surface area contributed by atoms with Gasteiger partial charge in [-0.25, -0.2) is 9.78 Å². The molecule has 6 heteroatoms. The van der Waals surface area contributed by atoms with Gasteiger partial charge < -0.3 is 15.3 Å². The van der Waals surface area contributed by atoms with Gasteiger partial charge in [0.1, 0.15) is 11.4 Å². The zero-order valence-electron chi connectivity index (χ0n) is 15.5. The molecule has 0 atom stereocenters. The van der Waals surface area contributed by atoms with Gasteiger partial charge in [0.25, 0.3) is 5.91 Å². The minimum Gasteiger partial charge on any atom is -0.478 e. The van der Waals surface area contributed by atoms with E-state index in [4.69, 9.17) is 0 Å². The molecular formula is C20H25N3O3. The number of nitrogens with one attached hydrogen (secondary N) is 1. The monoisotopic (exact) mass is 355 g/mol. The Kier molecular flexibility index (Phi) is 6.72. The van der Waals surface area contributed by atoms with Crippen molar-refractivity contribution in [1.29, 1.82) is 0 Å². The number of aromatic carboxylic acids is 1. The first-order chi connectivity index (χ1) is 12.5. The summed E-state index contributed by atoms with van der Waals surface area (Å²) in [6, 6.07) is 8.71. The highest BCUT2D eigenvalue weighted by Crippen LogP contribution is 2.23. The lowest BCUT2D eigenvalue weighted by Gasteiger charge is -2.24. The molecule has 0 unspecified atom stereocenters. The van der Waals surface area contributed by atoms with Crippen LogP contribution in [0.1, 0.15) is 53.0 Å². The van der Waals surface area contributed by atoms with Crippen molar-refractivity contribution in [3.63, 3.8) is 0 Å². The topological polar surface area (TPSA) is 82.5 Å². The van der Waals surface area contributed by atoms with E-state index in [2.05, 4.69) is 10.3 Å². The van der Waals surface area contributed by atoms with Gasteiger partial charge in [0.2, 0.25) is 0 Å².